The lowest BCUT2D eigenvalue weighted by Gasteiger charge is -2.17. The van der Waals surface area contributed by atoms with Gasteiger partial charge in [0.1, 0.15) is 5.58 Å². The van der Waals surface area contributed by atoms with E-state index in [0.29, 0.717) is 41.2 Å². The molecule has 4 rings (SSSR count). The second-order valence-electron chi connectivity index (χ2n) is 8.21. The van der Waals surface area contributed by atoms with Crippen LogP contribution in [0.1, 0.15) is 72.0 Å². The highest BCUT2D eigenvalue weighted by molar-refractivity contribution is 5.99. The lowest BCUT2D eigenvalue weighted by Crippen LogP contribution is -2.22. The van der Waals surface area contributed by atoms with E-state index in [-0.39, 0.29) is 17.1 Å². The van der Waals surface area contributed by atoms with Gasteiger partial charge in [0.05, 0.1) is 30.2 Å². The predicted molar refractivity (Wildman–Crippen MR) is 124 cm³/mol. The van der Waals surface area contributed by atoms with Gasteiger partial charge in [-0.3, -0.25) is 9.59 Å². The quantitative estimate of drug-likeness (QED) is 0.492. The van der Waals surface area contributed by atoms with E-state index in [1.807, 2.05) is 51.1 Å². The van der Waals surface area contributed by atoms with Crippen LogP contribution < -0.4 is 20.2 Å². The second kappa shape index (κ2) is 9.07. The zero-order chi connectivity index (χ0) is 22.8. The topological polar surface area (TPSA) is 77.8 Å². The molecule has 1 aliphatic rings. The van der Waals surface area contributed by atoms with Gasteiger partial charge in [-0.2, -0.15) is 0 Å². The fourth-order valence-electron chi connectivity index (χ4n) is 4.04. The van der Waals surface area contributed by atoms with Gasteiger partial charge >= 0.3 is 0 Å². The molecule has 1 aromatic heterocycles. The third-order valence-electron chi connectivity index (χ3n) is 5.92. The van der Waals surface area contributed by atoms with Crippen LogP contribution in [0.4, 0.5) is 0 Å². The monoisotopic (exact) mass is 435 g/mol. The van der Waals surface area contributed by atoms with E-state index in [4.69, 9.17) is 13.9 Å². The Labute approximate surface area is 187 Å². The number of ether oxygens (including phenoxy) is 2. The summed E-state index contributed by atoms with van der Waals surface area (Å²) in [6.45, 7) is 9.06. The van der Waals surface area contributed by atoms with E-state index in [9.17, 15) is 9.59 Å². The highest BCUT2D eigenvalue weighted by Gasteiger charge is 2.36. The Hall–Kier alpha value is -3.28. The third kappa shape index (κ3) is 3.97. The van der Waals surface area contributed by atoms with Crippen molar-refractivity contribution in [2.24, 2.45) is 0 Å². The number of unbranched alkanes of at least 4 members (excludes halogenated alkanes) is 2. The highest BCUT2D eigenvalue weighted by atomic mass is 16.5. The van der Waals surface area contributed by atoms with E-state index in [0.717, 1.165) is 36.0 Å². The summed E-state index contributed by atoms with van der Waals surface area (Å²) in [5.74, 6) is 0.947. The molecule has 0 saturated heterocycles. The first-order valence-corrected chi connectivity index (χ1v) is 11.2. The van der Waals surface area contributed by atoms with Gasteiger partial charge in [0.15, 0.2) is 16.9 Å². The Balaban J connectivity index is 1.75. The number of hydrogen-bond acceptors (Lipinski definition) is 5. The van der Waals surface area contributed by atoms with Crippen LogP contribution in [0.25, 0.3) is 11.0 Å². The number of carbonyl (C=O) groups excluding carboxylic acids is 1. The molecule has 1 amide bonds. The Kier molecular flexibility index (Phi) is 6.21. The van der Waals surface area contributed by atoms with Crippen LogP contribution in [0.2, 0.25) is 0 Å². The summed E-state index contributed by atoms with van der Waals surface area (Å²) in [6, 6.07) is 8.57. The van der Waals surface area contributed by atoms with Crippen LogP contribution in [0, 0.1) is 13.8 Å². The molecule has 1 N–H and O–H groups in total. The molecule has 2 aromatic carbocycles. The van der Waals surface area contributed by atoms with Crippen molar-refractivity contribution in [3.8, 4) is 11.5 Å². The van der Waals surface area contributed by atoms with E-state index in [1.165, 1.54) is 0 Å². The zero-order valence-corrected chi connectivity index (χ0v) is 19.0. The minimum atomic E-state index is -0.604. The largest absolute Gasteiger partial charge is 0.490 e. The van der Waals surface area contributed by atoms with Crippen LogP contribution in [-0.4, -0.2) is 19.1 Å². The van der Waals surface area contributed by atoms with Crippen molar-refractivity contribution in [3.63, 3.8) is 0 Å². The van der Waals surface area contributed by atoms with Crippen molar-refractivity contribution < 1.29 is 18.7 Å². The zero-order valence-electron chi connectivity index (χ0n) is 19.0. The van der Waals surface area contributed by atoms with Crippen molar-refractivity contribution >= 4 is 16.9 Å². The molecule has 0 radical (unpaired) electrons. The summed E-state index contributed by atoms with van der Waals surface area (Å²) in [7, 11) is 0. The molecule has 1 atom stereocenters. The molecule has 6 nitrogen and oxygen atoms in total. The van der Waals surface area contributed by atoms with Gasteiger partial charge in [-0.15, -0.1) is 0 Å². The first kappa shape index (κ1) is 21.9. The molecule has 0 spiro atoms. The van der Waals surface area contributed by atoms with Gasteiger partial charge in [0.25, 0.3) is 5.91 Å². The third-order valence-corrected chi connectivity index (χ3v) is 5.92. The number of fused-ring (bicyclic) bond motifs is 2. The van der Waals surface area contributed by atoms with Gasteiger partial charge in [-0.05, 0) is 68.1 Å². The minimum absolute atomic E-state index is 0.0774. The molecular weight excluding hydrogens is 406 g/mol. The number of rotatable bonds is 8. The van der Waals surface area contributed by atoms with Crippen LogP contribution in [0.5, 0.6) is 11.5 Å². The molecule has 6 heteroatoms. The molecule has 0 aliphatic carbocycles. The van der Waals surface area contributed by atoms with E-state index >= 15 is 0 Å². The van der Waals surface area contributed by atoms with E-state index in [2.05, 4.69) is 12.2 Å². The van der Waals surface area contributed by atoms with E-state index < -0.39 is 6.04 Å². The van der Waals surface area contributed by atoms with Crippen LogP contribution >= 0.6 is 0 Å². The van der Waals surface area contributed by atoms with Gasteiger partial charge in [0, 0.05) is 0 Å². The number of aryl methyl sites for hydroxylation is 2. The van der Waals surface area contributed by atoms with Crippen molar-refractivity contribution in [1.29, 1.82) is 0 Å². The maximum atomic E-state index is 13.4. The van der Waals surface area contributed by atoms with E-state index in [1.54, 1.807) is 0 Å². The number of hydrogen-bond donors (Lipinski definition) is 1. The van der Waals surface area contributed by atoms with Crippen molar-refractivity contribution in [3.05, 3.63) is 68.6 Å². The molecule has 0 fully saturated rings. The van der Waals surface area contributed by atoms with Gasteiger partial charge in [-0.1, -0.05) is 25.8 Å². The molecular formula is C26H29NO5. The van der Waals surface area contributed by atoms with Crippen LogP contribution in [0.3, 0.4) is 0 Å². The van der Waals surface area contributed by atoms with Crippen molar-refractivity contribution in [2.45, 2.75) is 53.0 Å². The molecule has 32 heavy (non-hydrogen) atoms. The summed E-state index contributed by atoms with van der Waals surface area (Å²) in [5, 5.41) is 3.38. The number of nitrogens with one attached hydrogen (secondary N) is 1. The lowest BCUT2D eigenvalue weighted by molar-refractivity contribution is 0.0938. The summed E-state index contributed by atoms with van der Waals surface area (Å²) < 4.78 is 17.6. The summed E-state index contributed by atoms with van der Waals surface area (Å²) in [6.07, 6.45) is 3.20. The maximum Gasteiger partial charge on any atom is 0.288 e. The highest BCUT2D eigenvalue weighted by Crippen LogP contribution is 2.36. The standard InChI is InChI=1S/C26H29NO5/c1-5-7-8-11-31-19-10-9-17(14-21(19)30-6-2)23-22-24(28)18-12-15(3)16(4)13-20(18)32-25(22)26(29)27-23/h9-10,12-14,23H,5-8,11H2,1-4H3,(H,27,29). The Morgan fingerprint density at radius 2 is 1.75 bits per heavy atom. The Bertz CT molecular complexity index is 1230. The molecule has 1 aliphatic heterocycles. The average molecular weight is 436 g/mol. The molecule has 0 saturated carbocycles. The first-order chi connectivity index (χ1) is 15.4. The van der Waals surface area contributed by atoms with Crippen molar-refractivity contribution in [2.75, 3.05) is 13.2 Å². The van der Waals surface area contributed by atoms with Gasteiger partial charge in [0.2, 0.25) is 5.76 Å². The Morgan fingerprint density at radius 3 is 2.50 bits per heavy atom. The second-order valence-corrected chi connectivity index (χ2v) is 8.21. The molecule has 3 aromatic rings. The fourth-order valence-corrected chi connectivity index (χ4v) is 4.04. The summed E-state index contributed by atoms with van der Waals surface area (Å²) in [4.78, 5) is 26.1. The van der Waals surface area contributed by atoms with Gasteiger partial charge in [-0.25, -0.2) is 0 Å². The van der Waals surface area contributed by atoms with Crippen LogP contribution in [0.15, 0.2) is 39.5 Å². The van der Waals surface area contributed by atoms with Crippen LogP contribution in [-0.2, 0) is 0 Å². The maximum absolute atomic E-state index is 13.4. The number of benzene rings is 2. The van der Waals surface area contributed by atoms with Crippen molar-refractivity contribution in [1.82, 2.24) is 5.32 Å². The molecule has 2 heterocycles. The molecule has 1 unspecified atom stereocenters. The molecule has 168 valence electrons. The number of carbonyl (C=O) groups is 1. The average Bonchev–Trinajstić information content (AvgIpc) is 3.10. The summed E-state index contributed by atoms with van der Waals surface area (Å²) >= 11 is 0. The van der Waals surface area contributed by atoms with Gasteiger partial charge < -0.3 is 19.2 Å². The first-order valence-electron chi connectivity index (χ1n) is 11.2. The molecule has 0 bridgehead atoms. The lowest BCUT2D eigenvalue weighted by atomic mass is 9.98. The minimum Gasteiger partial charge on any atom is -0.490 e. The SMILES string of the molecule is CCCCCOc1ccc(C2NC(=O)c3oc4cc(C)c(C)cc4c(=O)c32)cc1OCC. The normalized spacial score (nSPS) is 15.0. The Morgan fingerprint density at radius 1 is 0.969 bits per heavy atom. The predicted octanol–water partition coefficient (Wildman–Crippen LogP) is 5.21. The smallest absolute Gasteiger partial charge is 0.288 e. The number of amides is 1. The summed E-state index contributed by atoms with van der Waals surface area (Å²) in [5.41, 5.74) is 3.33. The fraction of sp³-hybridized carbons (Fsp3) is 0.385.